The van der Waals surface area contributed by atoms with Crippen molar-refractivity contribution in [1.29, 1.82) is 0 Å². The number of ether oxygens (including phenoxy) is 1. The summed E-state index contributed by atoms with van der Waals surface area (Å²) in [4.78, 5) is 0. The lowest BCUT2D eigenvalue weighted by atomic mass is 10.0. The molecule has 2 aromatic carbocycles. The summed E-state index contributed by atoms with van der Waals surface area (Å²) in [6.45, 7) is -0.311. The maximum absolute atomic E-state index is 11.9. The van der Waals surface area contributed by atoms with Gasteiger partial charge in [-0.3, -0.25) is 4.74 Å². The minimum absolute atomic E-state index is 0.102. The van der Waals surface area contributed by atoms with Crippen LogP contribution in [0.1, 0.15) is 11.1 Å². The molecule has 2 nitrogen and oxygen atoms in total. The molecule has 0 heterocycles. The molecule has 5 heteroatoms. The van der Waals surface area contributed by atoms with Crippen molar-refractivity contribution in [3.8, 4) is 0 Å². The lowest BCUT2D eigenvalue weighted by Gasteiger charge is -2.13. The van der Waals surface area contributed by atoms with E-state index in [9.17, 15) is 13.2 Å². The minimum atomic E-state index is -4.58. The van der Waals surface area contributed by atoms with Crippen LogP contribution in [0.4, 0.5) is 18.9 Å². The molecule has 0 saturated heterocycles. The van der Waals surface area contributed by atoms with Gasteiger partial charge in [0.15, 0.2) is 0 Å². The van der Waals surface area contributed by atoms with Crippen LogP contribution >= 0.6 is 0 Å². The quantitative estimate of drug-likeness (QED) is 0.805. The van der Waals surface area contributed by atoms with E-state index in [2.05, 4.69) is 10.1 Å². The number of para-hydroxylation sites is 1. The standard InChI is InChI=1S/C16H16F3NO/c17-16(18,19)21-11-10-20-15-9-5-4-8-14(15)12-13-6-2-1-3-7-13/h1-9,20H,10-12H2. The molecule has 21 heavy (non-hydrogen) atoms. The molecule has 0 aliphatic carbocycles. The summed E-state index contributed by atoms with van der Waals surface area (Å²) in [7, 11) is 0. The molecule has 0 bridgehead atoms. The number of rotatable bonds is 6. The molecule has 0 spiro atoms. The molecule has 112 valence electrons. The summed E-state index contributed by atoms with van der Waals surface area (Å²) < 4.78 is 39.4. The van der Waals surface area contributed by atoms with Crippen molar-refractivity contribution in [1.82, 2.24) is 0 Å². The maximum atomic E-state index is 11.9. The van der Waals surface area contributed by atoms with E-state index in [0.29, 0.717) is 0 Å². The van der Waals surface area contributed by atoms with Gasteiger partial charge in [-0.2, -0.15) is 0 Å². The summed E-state index contributed by atoms with van der Waals surface area (Å²) in [5.74, 6) is 0. The molecule has 0 aromatic heterocycles. The minimum Gasteiger partial charge on any atom is -0.382 e. The number of anilines is 1. The van der Waals surface area contributed by atoms with Gasteiger partial charge in [0.1, 0.15) is 0 Å². The fourth-order valence-corrected chi connectivity index (χ4v) is 2.02. The smallest absolute Gasteiger partial charge is 0.382 e. The van der Waals surface area contributed by atoms with E-state index in [1.54, 1.807) is 0 Å². The summed E-state index contributed by atoms with van der Waals surface area (Å²) in [6.07, 6.45) is -3.85. The number of hydrogen-bond donors (Lipinski definition) is 1. The molecular formula is C16H16F3NO. The third-order valence-electron chi connectivity index (χ3n) is 2.94. The summed E-state index contributed by atoms with van der Waals surface area (Å²) in [5, 5.41) is 2.98. The van der Waals surface area contributed by atoms with Crippen molar-refractivity contribution in [3.05, 3.63) is 65.7 Å². The predicted octanol–water partition coefficient (Wildman–Crippen LogP) is 4.23. The van der Waals surface area contributed by atoms with Gasteiger partial charge in [-0.25, -0.2) is 0 Å². The van der Waals surface area contributed by atoms with Crippen LogP contribution in [0.2, 0.25) is 0 Å². The fourth-order valence-electron chi connectivity index (χ4n) is 2.02. The second-order valence-corrected chi connectivity index (χ2v) is 4.54. The molecule has 2 rings (SSSR count). The molecule has 0 aliphatic rings. The van der Waals surface area contributed by atoms with Gasteiger partial charge >= 0.3 is 6.36 Å². The van der Waals surface area contributed by atoms with Crippen LogP contribution in [-0.2, 0) is 11.2 Å². The highest BCUT2D eigenvalue weighted by molar-refractivity contribution is 5.52. The summed E-state index contributed by atoms with van der Waals surface area (Å²) >= 11 is 0. The average molecular weight is 295 g/mol. The Kier molecular flexibility index (Phi) is 5.22. The second kappa shape index (κ2) is 7.13. The first kappa shape index (κ1) is 15.4. The van der Waals surface area contributed by atoms with Crippen LogP contribution in [0.15, 0.2) is 54.6 Å². The zero-order chi connectivity index (χ0) is 15.1. The zero-order valence-electron chi connectivity index (χ0n) is 11.4. The Morgan fingerprint density at radius 3 is 2.29 bits per heavy atom. The third-order valence-corrected chi connectivity index (χ3v) is 2.94. The van der Waals surface area contributed by atoms with Crippen LogP contribution in [0.25, 0.3) is 0 Å². The first-order valence-electron chi connectivity index (χ1n) is 6.61. The average Bonchev–Trinajstić information content (AvgIpc) is 2.45. The Balaban J connectivity index is 1.94. The van der Waals surface area contributed by atoms with E-state index < -0.39 is 13.0 Å². The normalized spacial score (nSPS) is 11.4. The predicted molar refractivity (Wildman–Crippen MR) is 76.2 cm³/mol. The first-order valence-corrected chi connectivity index (χ1v) is 6.61. The highest BCUT2D eigenvalue weighted by atomic mass is 19.4. The number of halogens is 3. The van der Waals surface area contributed by atoms with Gasteiger partial charge in [-0.15, -0.1) is 13.2 Å². The van der Waals surface area contributed by atoms with E-state index >= 15 is 0 Å². The third kappa shape index (κ3) is 5.47. The lowest BCUT2D eigenvalue weighted by molar-refractivity contribution is -0.322. The van der Waals surface area contributed by atoms with E-state index in [0.717, 1.165) is 23.2 Å². The number of benzene rings is 2. The van der Waals surface area contributed by atoms with E-state index in [4.69, 9.17) is 0 Å². The number of hydrogen-bond acceptors (Lipinski definition) is 2. The van der Waals surface area contributed by atoms with Crippen molar-refractivity contribution in [2.75, 3.05) is 18.5 Å². The van der Waals surface area contributed by atoms with E-state index in [1.807, 2.05) is 54.6 Å². The summed E-state index contributed by atoms with van der Waals surface area (Å²) in [5.41, 5.74) is 3.01. The van der Waals surface area contributed by atoms with Crippen molar-refractivity contribution in [2.24, 2.45) is 0 Å². The Morgan fingerprint density at radius 1 is 0.905 bits per heavy atom. The monoisotopic (exact) mass is 295 g/mol. The van der Waals surface area contributed by atoms with Crippen LogP contribution < -0.4 is 5.32 Å². The molecule has 0 aliphatic heterocycles. The van der Waals surface area contributed by atoms with Gasteiger partial charge in [-0.1, -0.05) is 48.5 Å². The molecule has 0 saturated carbocycles. The number of nitrogens with one attached hydrogen (secondary N) is 1. The molecule has 1 N–H and O–H groups in total. The van der Waals surface area contributed by atoms with Gasteiger partial charge in [0, 0.05) is 12.2 Å². The summed E-state index contributed by atoms with van der Waals surface area (Å²) in [6, 6.07) is 17.5. The van der Waals surface area contributed by atoms with Gasteiger partial charge in [-0.05, 0) is 23.6 Å². The van der Waals surface area contributed by atoms with Crippen LogP contribution in [0.3, 0.4) is 0 Å². The fraction of sp³-hybridized carbons (Fsp3) is 0.250. The molecule has 0 amide bonds. The molecular weight excluding hydrogens is 279 g/mol. The Labute approximate surface area is 121 Å². The lowest BCUT2D eigenvalue weighted by Crippen LogP contribution is -2.19. The molecule has 0 fully saturated rings. The van der Waals surface area contributed by atoms with Crippen molar-refractivity contribution >= 4 is 5.69 Å². The maximum Gasteiger partial charge on any atom is 0.522 e. The Bertz CT molecular complexity index is 555. The molecule has 0 unspecified atom stereocenters. The Hall–Kier alpha value is -2.01. The molecule has 0 atom stereocenters. The second-order valence-electron chi connectivity index (χ2n) is 4.54. The topological polar surface area (TPSA) is 21.3 Å². The van der Waals surface area contributed by atoms with E-state index in [-0.39, 0.29) is 6.54 Å². The van der Waals surface area contributed by atoms with Crippen LogP contribution in [0, 0.1) is 0 Å². The van der Waals surface area contributed by atoms with Gasteiger partial charge in [0.05, 0.1) is 6.61 Å². The highest BCUT2D eigenvalue weighted by Crippen LogP contribution is 2.19. The van der Waals surface area contributed by atoms with Crippen molar-refractivity contribution in [2.45, 2.75) is 12.8 Å². The highest BCUT2D eigenvalue weighted by Gasteiger charge is 2.28. The van der Waals surface area contributed by atoms with Gasteiger partial charge < -0.3 is 5.32 Å². The van der Waals surface area contributed by atoms with Crippen LogP contribution in [-0.4, -0.2) is 19.5 Å². The van der Waals surface area contributed by atoms with Gasteiger partial charge in [0.25, 0.3) is 0 Å². The van der Waals surface area contributed by atoms with Crippen molar-refractivity contribution < 1.29 is 17.9 Å². The van der Waals surface area contributed by atoms with Crippen molar-refractivity contribution in [3.63, 3.8) is 0 Å². The molecule has 0 radical (unpaired) electrons. The van der Waals surface area contributed by atoms with E-state index in [1.165, 1.54) is 0 Å². The largest absolute Gasteiger partial charge is 0.522 e. The zero-order valence-corrected chi connectivity index (χ0v) is 11.4. The molecule has 2 aromatic rings. The van der Waals surface area contributed by atoms with Gasteiger partial charge in [0.2, 0.25) is 0 Å². The SMILES string of the molecule is FC(F)(F)OCCNc1ccccc1Cc1ccccc1. The number of alkyl halides is 3. The Morgan fingerprint density at radius 2 is 1.57 bits per heavy atom. The van der Waals surface area contributed by atoms with Crippen LogP contribution in [0.5, 0.6) is 0 Å². The first-order chi connectivity index (χ1) is 10.0.